The summed E-state index contributed by atoms with van der Waals surface area (Å²) in [5, 5.41) is 7.29. The number of nitrogens with zero attached hydrogens (tertiary/aromatic N) is 1. The van der Waals surface area contributed by atoms with Crippen molar-refractivity contribution in [1.82, 2.24) is 5.32 Å². The molecular weight excluding hydrogens is 246 g/mol. The molecule has 0 amide bonds. The van der Waals surface area contributed by atoms with E-state index in [1.807, 2.05) is 0 Å². The van der Waals surface area contributed by atoms with E-state index in [1.54, 1.807) is 0 Å². The minimum Gasteiger partial charge on any atom is -0.382 e. The fourth-order valence-corrected chi connectivity index (χ4v) is 2.96. The molecule has 1 saturated heterocycles. The molecule has 1 aliphatic rings. The van der Waals surface area contributed by atoms with Crippen LogP contribution in [0.25, 0.3) is 0 Å². The molecule has 2 N–H and O–H groups in total. The van der Waals surface area contributed by atoms with Gasteiger partial charge in [0.25, 0.3) is 0 Å². The Bertz CT molecular complexity index is 422. The van der Waals surface area contributed by atoms with E-state index >= 15 is 0 Å². The summed E-state index contributed by atoms with van der Waals surface area (Å²) in [7, 11) is 4.17. The summed E-state index contributed by atoms with van der Waals surface area (Å²) in [5.41, 5.74) is 3.84. The standard InChI is InChI=1S/C17H29N3/c1-13-11-16(20(3)4)8-9-17(13)19-14(2)12-15-7-5-6-10-18-15/h8-9,11,14-15,18-19H,5-7,10,12H2,1-4H3. The minimum absolute atomic E-state index is 0.509. The highest BCUT2D eigenvalue weighted by Gasteiger charge is 2.16. The number of benzene rings is 1. The summed E-state index contributed by atoms with van der Waals surface area (Å²) in [4.78, 5) is 2.14. The smallest absolute Gasteiger partial charge is 0.0373 e. The van der Waals surface area contributed by atoms with E-state index in [4.69, 9.17) is 0 Å². The second kappa shape index (κ2) is 6.98. The van der Waals surface area contributed by atoms with Gasteiger partial charge < -0.3 is 15.5 Å². The van der Waals surface area contributed by atoms with Gasteiger partial charge in [0.1, 0.15) is 0 Å². The molecule has 3 heteroatoms. The predicted molar refractivity (Wildman–Crippen MR) is 88.8 cm³/mol. The average Bonchev–Trinajstić information content (AvgIpc) is 2.42. The molecule has 1 heterocycles. The molecule has 1 aromatic carbocycles. The maximum Gasteiger partial charge on any atom is 0.0373 e. The van der Waals surface area contributed by atoms with E-state index in [0.29, 0.717) is 12.1 Å². The van der Waals surface area contributed by atoms with Gasteiger partial charge in [-0.15, -0.1) is 0 Å². The Morgan fingerprint density at radius 2 is 2.15 bits per heavy atom. The Morgan fingerprint density at radius 1 is 1.35 bits per heavy atom. The Balaban J connectivity index is 1.91. The third-order valence-electron chi connectivity index (χ3n) is 4.18. The molecular formula is C17H29N3. The molecule has 1 aliphatic heterocycles. The fraction of sp³-hybridized carbons (Fsp3) is 0.647. The predicted octanol–water partition coefficient (Wildman–Crippen LogP) is 3.39. The lowest BCUT2D eigenvalue weighted by Gasteiger charge is -2.27. The Morgan fingerprint density at radius 3 is 2.75 bits per heavy atom. The second-order valence-electron chi connectivity index (χ2n) is 6.32. The van der Waals surface area contributed by atoms with E-state index in [0.717, 1.165) is 0 Å². The fourth-order valence-electron chi connectivity index (χ4n) is 2.96. The van der Waals surface area contributed by atoms with Crippen LogP contribution in [-0.2, 0) is 0 Å². The van der Waals surface area contributed by atoms with Gasteiger partial charge in [0.15, 0.2) is 0 Å². The average molecular weight is 275 g/mol. The molecule has 0 aliphatic carbocycles. The third-order valence-corrected chi connectivity index (χ3v) is 4.18. The van der Waals surface area contributed by atoms with Gasteiger partial charge >= 0.3 is 0 Å². The Labute approximate surface area is 123 Å². The molecule has 0 radical (unpaired) electrons. The van der Waals surface area contributed by atoms with Crippen LogP contribution in [0.3, 0.4) is 0 Å². The topological polar surface area (TPSA) is 27.3 Å². The first kappa shape index (κ1) is 15.2. The zero-order valence-corrected chi connectivity index (χ0v) is 13.4. The van der Waals surface area contributed by atoms with Gasteiger partial charge in [0.2, 0.25) is 0 Å². The minimum atomic E-state index is 0.509. The molecule has 2 unspecified atom stereocenters. The number of piperidine rings is 1. The van der Waals surface area contributed by atoms with Crippen molar-refractivity contribution >= 4 is 11.4 Å². The van der Waals surface area contributed by atoms with E-state index in [1.165, 1.54) is 49.2 Å². The number of aryl methyl sites for hydroxylation is 1. The Kier molecular flexibility index (Phi) is 5.30. The van der Waals surface area contributed by atoms with Crippen LogP contribution >= 0.6 is 0 Å². The van der Waals surface area contributed by atoms with Crippen LogP contribution in [0, 0.1) is 6.92 Å². The summed E-state index contributed by atoms with van der Waals surface area (Å²) in [6, 6.07) is 7.83. The van der Waals surface area contributed by atoms with Crippen LogP contribution in [0.4, 0.5) is 11.4 Å². The first-order chi connectivity index (χ1) is 9.56. The van der Waals surface area contributed by atoms with E-state index in [2.05, 4.69) is 61.7 Å². The maximum atomic E-state index is 3.67. The monoisotopic (exact) mass is 275 g/mol. The lowest BCUT2D eigenvalue weighted by molar-refractivity contribution is 0.371. The number of anilines is 2. The van der Waals surface area contributed by atoms with Crippen molar-refractivity contribution in [3.05, 3.63) is 23.8 Å². The van der Waals surface area contributed by atoms with Gasteiger partial charge in [-0.1, -0.05) is 6.42 Å². The number of rotatable bonds is 5. The van der Waals surface area contributed by atoms with Crippen LogP contribution in [0.5, 0.6) is 0 Å². The van der Waals surface area contributed by atoms with Gasteiger partial charge in [0, 0.05) is 37.6 Å². The summed E-state index contributed by atoms with van der Waals surface area (Å²) >= 11 is 0. The van der Waals surface area contributed by atoms with Gasteiger partial charge in [-0.25, -0.2) is 0 Å². The van der Waals surface area contributed by atoms with E-state index < -0.39 is 0 Å². The molecule has 2 atom stereocenters. The summed E-state index contributed by atoms with van der Waals surface area (Å²) < 4.78 is 0. The summed E-state index contributed by atoms with van der Waals surface area (Å²) in [5.74, 6) is 0. The second-order valence-corrected chi connectivity index (χ2v) is 6.32. The molecule has 112 valence electrons. The van der Waals surface area contributed by atoms with Gasteiger partial charge in [0.05, 0.1) is 0 Å². The van der Waals surface area contributed by atoms with Crippen molar-refractivity contribution in [1.29, 1.82) is 0 Å². The Hall–Kier alpha value is -1.22. The molecule has 0 aromatic heterocycles. The molecule has 2 rings (SSSR count). The van der Waals surface area contributed by atoms with Crippen LogP contribution in [0.2, 0.25) is 0 Å². The largest absolute Gasteiger partial charge is 0.382 e. The molecule has 0 saturated carbocycles. The maximum absolute atomic E-state index is 3.67. The van der Waals surface area contributed by atoms with Crippen LogP contribution in [0.15, 0.2) is 18.2 Å². The van der Waals surface area contributed by atoms with Crippen molar-refractivity contribution in [3.8, 4) is 0 Å². The molecule has 0 bridgehead atoms. The molecule has 0 spiro atoms. The zero-order chi connectivity index (χ0) is 14.5. The highest BCUT2D eigenvalue weighted by molar-refractivity contribution is 5.60. The first-order valence-electron chi connectivity index (χ1n) is 7.84. The zero-order valence-electron chi connectivity index (χ0n) is 13.4. The summed E-state index contributed by atoms with van der Waals surface area (Å²) in [6.45, 7) is 5.66. The van der Waals surface area contributed by atoms with E-state index in [-0.39, 0.29) is 0 Å². The van der Waals surface area contributed by atoms with Crippen LogP contribution < -0.4 is 15.5 Å². The van der Waals surface area contributed by atoms with Crippen molar-refractivity contribution in [2.75, 3.05) is 30.9 Å². The lowest BCUT2D eigenvalue weighted by Crippen LogP contribution is -2.37. The van der Waals surface area contributed by atoms with Gasteiger partial charge in [-0.3, -0.25) is 0 Å². The highest BCUT2D eigenvalue weighted by atomic mass is 15.1. The third kappa shape index (κ3) is 4.14. The first-order valence-corrected chi connectivity index (χ1v) is 7.84. The van der Waals surface area contributed by atoms with Crippen molar-refractivity contribution in [2.24, 2.45) is 0 Å². The van der Waals surface area contributed by atoms with Crippen molar-refractivity contribution in [3.63, 3.8) is 0 Å². The SMILES string of the molecule is Cc1cc(N(C)C)ccc1NC(C)CC1CCCCN1. The van der Waals surface area contributed by atoms with Gasteiger partial charge in [-0.05, 0) is 63.4 Å². The number of hydrogen-bond donors (Lipinski definition) is 2. The molecule has 1 aromatic rings. The number of hydrogen-bond acceptors (Lipinski definition) is 3. The molecule has 20 heavy (non-hydrogen) atoms. The van der Waals surface area contributed by atoms with Gasteiger partial charge in [-0.2, -0.15) is 0 Å². The van der Waals surface area contributed by atoms with E-state index in [9.17, 15) is 0 Å². The quantitative estimate of drug-likeness (QED) is 0.862. The number of nitrogens with one attached hydrogen (secondary N) is 2. The highest BCUT2D eigenvalue weighted by Crippen LogP contribution is 2.23. The van der Waals surface area contributed by atoms with Crippen molar-refractivity contribution < 1.29 is 0 Å². The molecule has 1 fully saturated rings. The molecule has 3 nitrogen and oxygen atoms in total. The van der Waals surface area contributed by atoms with Crippen LogP contribution in [0.1, 0.15) is 38.2 Å². The lowest BCUT2D eigenvalue weighted by atomic mass is 9.98. The van der Waals surface area contributed by atoms with Crippen LogP contribution in [-0.4, -0.2) is 32.7 Å². The van der Waals surface area contributed by atoms with Crippen molar-refractivity contribution in [2.45, 2.75) is 51.6 Å². The normalized spacial score (nSPS) is 20.5. The summed E-state index contributed by atoms with van der Waals surface area (Å²) in [6.07, 6.45) is 5.24.